The number of aryl methyl sites for hydroxylation is 1. The van der Waals surface area contributed by atoms with E-state index in [2.05, 4.69) is 5.16 Å². The molecule has 0 amide bonds. The van der Waals surface area contributed by atoms with E-state index < -0.39 is 0 Å². The summed E-state index contributed by atoms with van der Waals surface area (Å²) in [5, 5.41) is 5.69. The van der Waals surface area contributed by atoms with E-state index in [9.17, 15) is 4.39 Å². The van der Waals surface area contributed by atoms with Crippen molar-refractivity contribution in [3.8, 4) is 21.8 Å². The van der Waals surface area contributed by atoms with E-state index in [0.29, 0.717) is 16.9 Å². The molecule has 5 heteroatoms. The summed E-state index contributed by atoms with van der Waals surface area (Å²) in [7, 11) is 0. The fourth-order valence-corrected chi connectivity index (χ4v) is 2.73. The summed E-state index contributed by atoms with van der Waals surface area (Å²) in [6.45, 7) is 1.90. The number of aromatic nitrogens is 1. The smallest absolute Gasteiger partial charge is 0.180 e. The Morgan fingerprint density at radius 3 is 2.89 bits per heavy atom. The van der Waals surface area contributed by atoms with Crippen LogP contribution in [0.25, 0.3) is 21.8 Å². The summed E-state index contributed by atoms with van der Waals surface area (Å²) in [6, 6.07) is 8.67. The van der Waals surface area contributed by atoms with Gasteiger partial charge in [-0.15, -0.1) is 11.3 Å². The molecule has 0 unspecified atom stereocenters. The highest BCUT2D eigenvalue weighted by atomic mass is 32.1. The molecule has 3 rings (SSSR count). The molecule has 0 saturated heterocycles. The van der Waals surface area contributed by atoms with Gasteiger partial charge in [0.2, 0.25) is 0 Å². The number of hydrogen-bond donors (Lipinski definition) is 1. The van der Waals surface area contributed by atoms with Crippen LogP contribution in [0.3, 0.4) is 0 Å². The maximum absolute atomic E-state index is 14.0. The third-order valence-corrected chi connectivity index (χ3v) is 3.74. The van der Waals surface area contributed by atoms with Gasteiger partial charge in [0, 0.05) is 4.88 Å². The van der Waals surface area contributed by atoms with Crippen molar-refractivity contribution >= 4 is 17.2 Å². The van der Waals surface area contributed by atoms with E-state index in [1.807, 2.05) is 24.4 Å². The second-order valence-corrected chi connectivity index (χ2v) is 5.18. The summed E-state index contributed by atoms with van der Waals surface area (Å²) >= 11 is 1.51. The normalized spacial score (nSPS) is 10.8. The van der Waals surface area contributed by atoms with Crippen LogP contribution < -0.4 is 5.73 Å². The maximum Gasteiger partial charge on any atom is 0.180 e. The molecule has 96 valence electrons. The summed E-state index contributed by atoms with van der Waals surface area (Å²) < 4.78 is 19.2. The van der Waals surface area contributed by atoms with E-state index in [0.717, 1.165) is 10.4 Å². The minimum absolute atomic E-state index is 0.276. The molecule has 0 atom stereocenters. The molecule has 0 aliphatic heterocycles. The van der Waals surface area contributed by atoms with Gasteiger partial charge in [0.05, 0.1) is 11.1 Å². The molecule has 3 nitrogen and oxygen atoms in total. The van der Waals surface area contributed by atoms with Gasteiger partial charge >= 0.3 is 0 Å². The lowest BCUT2D eigenvalue weighted by Crippen LogP contribution is -1.89. The molecule has 0 bridgehead atoms. The summed E-state index contributed by atoms with van der Waals surface area (Å²) in [5.74, 6) is 0.305. The first-order valence-corrected chi connectivity index (χ1v) is 6.60. The minimum atomic E-state index is -0.348. The second-order valence-electron chi connectivity index (χ2n) is 4.23. The lowest BCUT2D eigenvalue weighted by molar-refractivity contribution is 0.433. The van der Waals surface area contributed by atoms with Gasteiger partial charge < -0.3 is 10.3 Å². The Labute approximate surface area is 113 Å². The van der Waals surface area contributed by atoms with Gasteiger partial charge in [-0.3, -0.25) is 0 Å². The second kappa shape index (κ2) is 4.51. The molecular weight excluding hydrogens is 263 g/mol. The summed E-state index contributed by atoms with van der Waals surface area (Å²) in [4.78, 5) is 0.912. The third kappa shape index (κ3) is 2.02. The first-order valence-electron chi connectivity index (χ1n) is 5.72. The predicted molar refractivity (Wildman–Crippen MR) is 74.4 cm³/mol. The van der Waals surface area contributed by atoms with Gasteiger partial charge in [0.25, 0.3) is 0 Å². The molecule has 0 aliphatic carbocycles. The molecule has 2 heterocycles. The molecule has 0 saturated carbocycles. The Balaban J connectivity index is 2.24. The Morgan fingerprint density at radius 1 is 1.32 bits per heavy atom. The lowest BCUT2D eigenvalue weighted by atomic mass is 10.0. The van der Waals surface area contributed by atoms with Crippen LogP contribution in [0.1, 0.15) is 5.56 Å². The first kappa shape index (κ1) is 11.9. The van der Waals surface area contributed by atoms with Crippen LogP contribution in [0.2, 0.25) is 0 Å². The van der Waals surface area contributed by atoms with E-state index >= 15 is 0 Å². The third-order valence-electron chi connectivity index (χ3n) is 2.85. The van der Waals surface area contributed by atoms with Crippen molar-refractivity contribution in [3.05, 3.63) is 47.1 Å². The molecule has 19 heavy (non-hydrogen) atoms. The van der Waals surface area contributed by atoms with Crippen LogP contribution in [0.5, 0.6) is 0 Å². The summed E-state index contributed by atoms with van der Waals surface area (Å²) in [5.41, 5.74) is 7.82. The monoisotopic (exact) mass is 274 g/mol. The first-order chi connectivity index (χ1) is 9.16. The number of nitrogen functional groups attached to an aromatic ring is 1. The minimum Gasteiger partial charge on any atom is -0.380 e. The average Bonchev–Trinajstić information content (AvgIpc) is 3.01. The van der Waals surface area contributed by atoms with E-state index in [1.54, 1.807) is 12.1 Å². The van der Waals surface area contributed by atoms with Gasteiger partial charge in [0.15, 0.2) is 11.6 Å². The SMILES string of the molecule is Cc1ccc(F)c(-c2onc(N)c2-c2cccs2)c1. The van der Waals surface area contributed by atoms with Crippen molar-refractivity contribution < 1.29 is 8.91 Å². The van der Waals surface area contributed by atoms with Crippen LogP contribution in [-0.4, -0.2) is 5.16 Å². The molecule has 0 fully saturated rings. The summed E-state index contributed by atoms with van der Waals surface area (Å²) in [6.07, 6.45) is 0. The Bertz CT molecular complexity index is 719. The molecule has 2 aromatic heterocycles. The van der Waals surface area contributed by atoms with E-state index in [4.69, 9.17) is 10.3 Å². The van der Waals surface area contributed by atoms with E-state index in [1.165, 1.54) is 17.4 Å². The highest BCUT2D eigenvalue weighted by Crippen LogP contribution is 2.39. The Morgan fingerprint density at radius 2 is 2.16 bits per heavy atom. The zero-order valence-electron chi connectivity index (χ0n) is 10.2. The molecule has 1 aromatic carbocycles. The highest BCUT2D eigenvalue weighted by molar-refractivity contribution is 7.13. The number of anilines is 1. The van der Waals surface area contributed by atoms with Gasteiger partial charge in [-0.1, -0.05) is 22.9 Å². The molecule has 3 aromatic rings. The Hall–Kier alpha value is -2.14. The molecule has 0 radical (unpaired) electrons. The van der Waals surface area contributed by atoms with E-state index in [-0.39, 0.29) is 11.6 Å². The van der Waals surface area contributed by atoms with Crippen molar-refractivity contribution in [2.24, 2.45) is 0 Å². The van der Waals surface area contributed by atoms with Gasteiger partial charge in [-0.05, 0) is 30.5 Å². The standard InChI is InChI=1S/C14H11FN2OS/c1-8-4-5-10(15)9(7-8)13-12(14(16)17-18-13)11-3-2-6-19-11/h2-7H,1H3,(H2,16,17). The predicted octanol–water partition coefficient (Wildman–Crippen LogP) is 4.10. The highest BCUT2D eigenvalue weighted by Gasteiger charge is 2.20. The fourth-order valence-electron chi connectivity index (χ4n) is 1.96. The largest absolute Gasteiger partial charge is 0.380 e. The van der Waals surface area contributed by atoms with Crippen molar-refractivity contribution in [2.75, 3.05) is 5.73 Å². The van der Waals surface area contributed by atoms with Crippen LogP contribution in [0.4, 0.5) is 10.2 Å². The van der Waals surface area contributed by atoms with Crippen LogP contribution in [0.15, 0.2) is 40.2 Å². The van der Waals surface area contributed by atoms with Gasteiger partial charge in [0.1, 0.15) is 5.82 Å². The number of nitrogens with two attached hydrogens (primary N) is 1. The number of nitrogens with zero attached hydrogens (tertiary/aromatic N) is 1. The van der Waals surface area contributed by atoms with Gasteiger partial charge in [-0.25, -0.2) is 4.39 Å². The molecule has 2 N–H and O–H groups in total. The zero-order valence-corrected chi connectivity index (χ0v) is 11.0. The number of halogens is 1. The van der Waals surface area contributed by atoms with Crippen molar-refractivity contribution in [3.63, 3.8) is 0 Å². The number of thiophene rings is 1. The average molecular weight is 274 g/mol. The Kier molecular flexibility index (Phi) is 2.83. The van der Waals surface area contributed by atoms with Crippen molar-refractivity contribution in [1.82, 2.24) is 5.16 Å². The van der Waals surface area contributed by atoms with Crippen LogP contribution in [0, 0.1) is 12.7 Å². The zero-order chi connectivity index (χ0) is 13.4. The number of hydrogen-bond acceptors (Lipinski definition) is 4. The fraction of sp³-hybridized carbons (Fsp3) is 0.0714. The van der Waals surface area contributed by atoms with Crippen molar-refractivity contribution in [2.45, 2.75) is 6.92 Å². The molecule has 0 aliphatic rings. The van der Waals surface area contributed by atoms with Crippen LogP contribution in [-0.2, 0) is 0 Å². The quantitative estimate of drug-likeness (QED) is 0.765. The lowest BCUT2D eigenvalue weighted by Gasteiger charge is -2.03. The number of benzene rings is 1. The van der Waals surface area contributed by atoms with Crippen LogP contribution >= 0.6 is 11.3 Å². The van der Waals surface area contributed by atoms with Gasteiger partial charge in [-0.2, -0.15) is 0 Å². The maximum atomic E-state index is 14.0. The number of rotatable bonds is 2. The van der Waals surface area contributed by atoms with Crippen molar-refractivity contribution in [1.29, 1.82) is 0 Å². The molecular formula is C14H11FN2OS. The molecule has 0 spiro atoms. The topological polar surface area (TPSA) is 52.0 Å².